The highest BCUT2D eigenvalue weighted by molar-refractivity contribution is 5.92. The molecule has 0 spiro atoms. The summed E-state index contributed by atoms with van der Waals surface area (Å²) in [4.78, 5) is 12.2. The minimum Gasteiger partial charge on any atom is -0.497 e. The molecule has 2 aromatic rings. The van der Waals surface area contributed by atoms with Gasteiger partial charge in [0.15, 0.2) is 0 Å². The van der Waals surface area contributed by atoms with E-state index in [2.05, 4.69) is 12.2 Å². The molecular formula is C19H23NO4. The maximum Gasteiger partial charge on any atom is 0.228 e. The van der Waals surface area contributed by atoms with Gasteiger partial charge in [-0.05, 0) is 36.8 Å². The summed E-state index contributed by atoms with van der Waals surface area (Å²) in [6.07, 6.45) is 1.18. The van der Waals surface area contributed by atoms with Crippen LogP contribution in [0.3, 0.4) is 0 Å². The summed E-state index contributed by atoms with van der Waals surface area (Å²) in [5, 5.41) is 2.87. The molecule has 0 aliphatic carbocycles. The molecule has 0 aliphatic heterocycles. The smallest absolute Gasteiger partial charge is 0.228 e. The van der Waals surface area contributed by atoms with Crippen LogP contribution >= 0.6 is 0 Å². The molecule has 0 aliphatic rings. The lowest BCUT2D eigenvalue weighted by atomic mass is 10.1. The summed E-state index contributed by atoms with van der Waals surface area (Å²) in [6.45, 7) is 2.74. The standard InChI is InChI=1S/C19H23NO4/c1-4-11-24-16-9-6-15(7-10-16)20-19(21)12-14-5-8-17(22-2)13-18(14)23-3/h5-10,13H,4,11-12H2,1-3H3,(H,20,21). The highest BCUT2D eigenvalue weighted by Crippen LogP contribution is 2.25. The van der Waals surface area contributed by atoms with Gasteiger partial charge in [-0.15, -0.1) is 0 Å². The average Bonchev–Trinajstić information content (AvgIpc) is 2.61. The number of anilines is 1. The van der Waals surface area contributed by atoms with Crippen molar-refractivity contribution in [3.63, 3.8) is 0 Å². The van der Waals surface area contributed by atoms with Crippen molar-refractivity contribution in [1.82, 2.24) is 0 Å². The van der Waals surface area contributed by atoms with Gasteiger partial charge in [0.1, 0.15) is 17.2 Å². The molecule has 5 nitrogen and oxygen atoms in total. The van der Waals surface area contributed by atoms with Crippen LogP contribution in [0.5, 0.6) is 17.2 Å². The third-order valence-electron chi connectivity index (χ3n) is 3.46. The third-order valence-corrected chi connectivity index (χ3v) is 3.46. The first-order valence-corrected chi connectivity index (χ1v) is 7.90. The summed E-state index contributed by atoms with van der Waals surface area (Å²) in [5.74, 6) is 2.01. The van der Waals surface area contributed by atoms with Crippen LogP contribution in [0, 0.1) is 0 Å². The number of hydrogen-bond donors (Lipinski definition) is 1. The molecule has 0 atom stereocenters. The molecule has 0 saturated carbocycles. The fourth-order valence-electron chi connectivity index (χ4n) is 2.23. The Morgan fingerprint density at radius 2 is 1.71 bits per heavy atom. The molecule has 1 N–H and O–H groups in total. The van der Waals surface area contributed by atoms with E-state index in [0.29, 0.717) is 18.1 Å². The van der Waals surface area contributed by atoms with Crippen LogP contribution in [0.1, 0.15) is 18.9 Å². The predicted octanol–water partition coefficient (Wildman–Crippen LogP) is 3.67. The van der Waals surface area contributed by atoms with E-state index in [4.69, 9.17) is 14.2 Å². The Labute approximate surface area is 142 Å². The van der Waals surface area contributed by atoms with Gasteiger partial charge < -0.3 is 19.5 Å². The van der Waals surface area contributed by atoms with E-state index in [-0.39, 0.29) is 12.3 Å². The summed E-state index contributed by atoms with van der Waals surface area (Å²) in [6, 6.07) is 12.8. The predicted molar refractivity (Wildman–Crippen MR) is 94.1 cm³/mol. The molecule has 5 heteroatoms. The van der Waals surface area contributed by atoms with Gasteiger partial charge in [0.2, 0.25) is 5.91 Å². The van der Waals surface area contributed by atoms with Gasteiger partial charge in [-0.1, -0.05) is 13.0 Å². The largest absolute Gasteiger partial charge is 0.497 e. The lowest BCUT2D eigenvalue weighted by Crippen LogP contribution is -2.15. The van der Waals surface area contributed by atoms with Crippen LogP contribution in [0.25, 0.3) is 0 Å². The van der Waals surface area contributed by atoms with E-state index in [1.54, 1.807) is 20.3 Å². The van der Waals surface area contributed by atoms with Crippen molar-refractivity contribution in [2.75, 3.05) is 26.1 Å². The van der Waals surface area contributed by atoms with Gasteiger partial charge in [0.25, 0.3) is 0 Å². The van der Waals surface area contributed by atoms with Crippen molar-refractivity contribution in [1.29, 1.82) is 0 Å². The van der Waals surface area contributed by atoms with Gasteiger partial charge in [-0.25, -0.2) is 0 Å². The number of ether oxygens (including phenoxy) is 3. The Hall–Kier alpha value is -2.69. The SMILES string of the molecule is CCCOc1ccc(NC(=O)Cc2ccc(OC)cc2OC)cc1. The van der Waals surface area contributed by atoms with E-state index in [1.165, 1.54) is 0 Å². The van der Waals surface area contributed by atoms with Crippen molar-refractivity contribution in [3.05, 3.63) is 48.0 Å². The number of carbonyl (C=O) groups excluding carboxylic acids is 1. The third kappa shape index (κ3) is 4.91. The van der Waals surface area contributed by atoms with Crippen LogP contribution in [-0.4, -0.2) is 26.7 Å². The monoisotopic (exact) mass is 329 g/mol. The Kier molecular flexibility index (Phi) is 6.49. The van der Waals surface area contributed by atoms with Gasteiger partial charge >= 0.3 is 0 Å². The topological polar surface area (TPSA) is 56.8 Å². The molecule has 2 rings (SSSR count). The molecule has 0 aromatic heterocycles. The molecule has 0 bridgehead atoms. The Morgan fingerprint density at radius 3 is 2.33 bits per heavy atom. The second-order valence-corrected chi connectivity index (χ2v) is 5.28. The van der Waals surface area contributed by atoms with E-state index < -0.39 is 0 Å². The van der Waals surface area contributed by atoms with Crippen molar-refractivity contribution in [3.8, 4) is 17.2 Å². The molecule has 0 radical (unpaired) electrons. The van der Waals surface area contributed by atoms with Crippen LogP contribution < -0.4 is 19.5 Å². The molecule has 0 heterocycles. The second kappa shape index (κ2) is 8.82. The fraction of sp³-hybridized carbons (Fsp3) is 0.316. The minimum atomic E-state index is -0.110. The number of carbonyl (C=O) groups is 1. The molecule has 128 valence electrons. The molecule has 2 aromatic carbocycles. The molecule has 0 fully saturated rings. The Bertz CT molecular complexity index is 668. The maximum absolute atomic E-state index is 12.2. The molecule has 0 saturated heterocycles. The van der Waals surface area contributed by atoms with Crippen LogP contribution in [0.15, 0.2) is 42.5 Å². The first kappa shape index (κ1) is 17.7. The summed E-state index contributed by atoms with van der Waals surface area (Å²) in [7, 11) is 3.17. The van der Waals surface area contributed by atoms with Crippen molar-refractivity contribution in [2.24, 2.45) is 0 Å². The van der Waals surface area contributed by atoms with Crippen molar-refractivity contribution in [2.45, 2.75) is 19.8 Å². The molecule has 1 amide bonds. The molecule has 0 unspecified atom stereocenters. The zero-order valence-corrected chi connectivity index (χ0v) is 14.3. The van der Waals surface area contributed by atoms with Crippen LogP contribution in [-0.2, 0) is 11.2 Å². The lowest BCUT2D eigenvalue weighted by molar-refractivity contribution is -0.115. The zero-order chi connectivity index (χ0) is 17.4. The number of amides is 1. The first-order valence-electron chi connectivity index (χ1n) is 7.90. The van der Waals surface area contributed by atoms with E-state index in [9.17, 15) is 4.79 Å². The highest BCUT2D eigenvalue weighted by atomic mass is 16.5. The summed E-state index contributed by atoms with van der Waals surface area (Å²) in [5.41, 5.74) is 1.54. The van der Waals surface area contributed by atoms with Gasteiger partial charge in [0.05, 0.1) is 27.2 Å². The average molecular weight is 329 g/mol. The fourth-order valence-corrected chi connectivity index (χ4v) is 2.23. The second-order valence-electron chi connectivity index (χ2n) is 5.28. The number of methoxy groups -OCH3 is 2. The Balaban J connectivity index is 1.98. The van der Waals surface area contributed by atoms with Crippen molar-refractivity contribution >= 4 is 11.6 Å². The lowest BCUT2D eigenvalue weighted by Gasteiger charge is -2.11. The summed E-state index contributed by atoms with van der Waals surface area (Å²) >= 11 is 0. The zero-order valence-electron chi connectivity index (χ0n) is 14.3. The van der Waals surface area contributed by atoms with Crippen molar-refractivity contribution < 1.29 is 19.0 Å². The maximum atomic E-state index is 12.2. The van der Waals surface area contributed by atoms with Gasteiger partial charge in [0, 0.05) is 17.3 Å². The van der Waals surface area contributed by atoms with E-state index in [0.717, 1.165) is 23.4 Å². The normalized spacial score (nSPS) is 10.1. The number of benzene rings is 2. The van der Waals surface area contributed by atoms with Crippen LogP contribution in [0.2, 0.25) is 0 Å². The quantitative estimate of drug-likeness (QED) is 0.803. The first-order chi connectivity index (χ1) is 11.7. The van der Waals surface area contributed by atoms with E-state index in [1.807, 2.05) is 36.4 Å². The van der Waals surface area contributed by atoms with E-state index >= 15 is 0 Å². The summed E-state index contributed by atoms with van der Waals surface area (Å²) < 4.78 is 16.0. The molecule has 24 heavy (non-hydrogen) atoms. The molecular weight excluding hydrogens is 306 g/mol. The number of nitrogens with one attached hydrogen (secondary N) is 1. The number of hydrogen-bond acceptors (Lipinski definition) is 4. The van der Waals surface area contributed by atoms with Crippen LogP contribution in [0.4, 0.5) is 5.69 Å². The Morgan fingerprint density at radius 1 is 1.00 bits per heavy atom. The van der Waals surface area contributed by atoms with Gasteiger partial charge in [-0.3, -0.25) is 4.79 Å². The van der Waals surface area contributed by atoms with Gasteiger partial charge in [-0.2, -0.15) is 0 Å². The minimum absolute atomic E-state index is 0.110. The number of rotatable bonds is 8. The highest BCUT2D eigenvalue weighted by Gasteiger charge is 2.10.